The summed E-state index contributed by atoms with van der Waals surface area (Å²) < 4.78 is 12.7. The molecular weight excluding hydrogens is 157 g/mol. The minimum absolute atomic E-state index is 0.234. The summed E-state index contributed by atoms with van der Waals surface area (Å²) in [7, 11) is 0. The van der Waals surface area contributed by atoms with Crippen molar-refractivity contribution in [3.63, 3.8) is 0 Å². The average molecular weight is 165 g/mol. The van der Waals surface area contributed by atoms with Crippen molar-refractivity contribution in [1.82, 2.24) is 16.4 Å². The highest BCUT2D eigenvalue weighted by Gasteiger charge is 2.04. The highest BCUT2D eigenvalue weighted by molar-refractivity contribution is 5.64. The van der Waals surface area contributed by atoms with Gasteiger partial charge in [0.2, 0.25) is 0 Å². The molecule has 1 aliphatic rings. The number of nitrogens with one attached hydrogen (secondary N) is 3. The molecule has 0 spiro atoms. The Bertz CT molecular complexity index is 322. The van der Waals surface area contributed by atoms with Crippen LogP contribution in [0.5, 0.6) is 0 Å². The minimum atomic E-state index is -0.234. The monoisotopic (exact) mass is 165 g/mol. The van der Waals surface area contributed by atoms with E-state index in [1.54, 1.807) is 12.3 Å². The van der Waals surface area contributed by atoms with E-state index in [-0.39, 0.29) is 5.82 Å². The minimum Gasteiger partial charge on any atom is -0.309 e. The summed E-state index contributed by atoms with van der Waals surface area (Å²) in [5, 5.41) is 0. The van der Waals surface area contributed by atoms with Gasteiger partial charge in [0.1, 0.15) is 5.82 Å². The summed E-state index contributed by atoms with van der Waals surface area (Å²) in [6.45, 7) is 0. The molecule has 12 heavy (non-hydrogen) atoms. The average Bonchev–Trinajstić information content (AvgIpc) is 2.56. The Labute approximate surface area is 69.2 Å². The fourth-order valence-electron chi connectivity index (χ4n) is 1.06. The first-order chi connectivity index (χ1) is 5.86. The van der Waals surface area contributed by atoms with Crippen LogP contribution in [-0.4, -0.2) is 0 Å². The number of hydrogen-bond acceptors (Lipinski definition) is 3. The predicted molar refractivity (Wildman–Crippen MR) is 43.8 cm³/mol. The second-order valence-corrected chi connectivity index (χ2v) is 2.46. The van der Waals surface area contributed by atoms with Gasteiger partial charge in [-0.05, 0) is 12.1 Å². The van der Waals surface area contributed by atoms with E-state index in [4.69, 9.17) is 0 Å². The van der Waals surface area contributed by atoms with Crippen LogP contribution in [0.25, 0.3) is 5.70 Å². The van der Waals surface area contributed by atoms with Crippen molar-refractivity contribution in [2.24, 2.45) is 0 Å². The van der Waals surface area contributed by atoms with Crippen molar-refractivity contribution in [1.29, 1.82) is 0 Å². The molecule has 0 fully saturated rings. The van der Waals surface area contributed by atoms with Gasteiger partial charge in [0.15, 0.2) is 0 Å². The molecule has 4 heteroatoms. The van der Waals surface area contributed by atoms with Crippen LogP contribution in [0, 0.1) is 5.82 Å². The van der Waals surface area contributed by atoms with Crippen molar-refractivity contribution < 1.29 is 4.39 Å². The molecule has 0 aromatic heterocycles. The molecule has 3 N–H and O–H groups in total. The largest absolute Gasteiger partial charge is 0.309 e. The van der Waals surface area contributed by atoms with Gasteiger partial charge in [-0.1, -0.05) is 12.1 Å². The lowest BCUT2D eigenvalue weighted by atomic mass is 10.2. The van der Waals surface area contributed by atoms with Crippen molar-refractivity contribution >= 4 is 5.70 Å². The summed E-state index contributed by atoms with van der Waals surface area (Å²) in [4.78, 5) is 0. The molecule has 0 saturated carbocycles. The van der Waals surface area contributed by atoms with E-state index in [1.807, 2.05) is 6.07 Å². The van der Waals surface area contributed by atoms with Crippen LogP contribution in [0.4, 0.5) is 4.39 Å². The number of halogens is 1. The van der Waals surface area contributed by atoms with Gasteiger partial charge in [0.25, 0.3) is 0 Å². The van der Waals surface area contributed by atoms with E-state index in [9.17, 15) is 4.39 Å². The van der Waals surface area contributed by atoms with Crippen LogP contribution in [-0.2, 0) is 0 Å². The van der Waals surface area contributed by atoms with E-state index < -0.39 is 0 Å². The number of rotatable bonds is 1. The standard InChI is InChI=1S/C8H8FN3/c9-7-3-1-2-6(4-7)8-5-10-12-11-8/h1-5,10-12H. The predicted octanol–water partition coefficient (Wildman–Crippen LogP) is 0.736. The van der Waals surface area contributed by atoms with Gasteiger partial charge in [0, 0.05) is 11.8 Å². The van der Waals surface area contributed by atoms with Gasteiger partial charge in [-0.2, -0.15) is 5.53 Å². The molecule has 2 rings (SSSR count). The second kappa shape index (κ2) is 2.83. The maximum absolute atomic E-state index is 12.7. The molecule has 1 aliphatic heterocycles. The van der Waals surface area contributed by atoms with E-state index in [2.05, 4.69) is 16.4 Å². The Morgan fingerprint density at radius 1 is 1.25 bits per heavy atom. The molecule has 1 heterocycles. The molecule has 62 valence electrons. The first-order valence-corrected chi connectivity index (χ1v) is 3.59. The summed E-state index contributed by atoms with van der Waals surface area (Å²) in [5.74, 6) is -0.234. The van der Waals surface area contributed by atoms with Crippen LogP contribution in [0.1, 0.15) is 5.56 Å². The molecule has 0 bridgehead atoms. The molecule has 0 atom stereocenters. The molecule has 0 radical (unpaired) electrons. The Morgan fingerprint density at radius 2 is 2.17 bits per heavy atom. The van der Waals surface area contributed by atoms with E-state index >= 15 is 0 Å². The summed E-state index contributed by atoms with van der Waals surface area (Å²) in [6.07, 6.45) is 1.73. The Morgan fingerprint density at radius 3 is 2.83 bits per heavy atom. The van der Waals surface area contributed by atoms with Gasteiger partial charge >= 0.3 is 0 Å². The number of benzene rings is 1. The zero-order chi connectivity index (χ0) is 8.39. The highest BCUT2D eigenvalue weighted by atomic mass is 19.1. The summed E-state index contributed by atoms with van der Waals surface area (Å²) in [5.41, 5.74) is 9.89. The van der Waals surface area contributed by atoms with Crippen LogP contribution < -0.4 is 16.4 Å². The van der Waals surface area contributed by atoms with Crippen molar-refractivity contribution in [3.8, 4) is 0 Å². The molecule has 1 aromatic rings. The molecule has 0 unspecified atom stereocenters. The van der Waals surface area contributed by atoms with E-state index in [0.29, 0.717) is 0 Å². The Balaban J connectivity index is 2.33. The first kappa shape index (κ1) is 7.12. The third-order valence-corrected chi connectivity index (χ3v) is 1.62. The molecule has 0 amide bonds. The van der Waals surface area contributed by atoms with E-state index in [1.165, 1.54) is 12.1 Å². The number of hydrazine groups is 2. The SMILES string of the molecule is Fc1cccc(C2=CNNN2)c1. The lowest BCUT2D eigenvalue weighted by Crippen LogP contribution is -2.31. The maximum atomic E-state index is 12.7. The summed E-state index contributed by atoms with van der Waals surface area (Å²) >= 11 is 0. The normalized spacial score (nSPS) is 14.9. The van der Waals surface area contributed by atoms with Gasteiger partial charge < -0.3 is 10.9 Å². The Hall–Kier alpha value is -1.55. The topological polar surface area (TPSA) is 36.1 Å². The number of hydrogen-bond donors (Lipinski definition) is 3. The highest BCUT2D eigenvalue weighted by Crippen LogP contribution is 2.12. The van der Waals surface area contributed by atoms with E-state index in [0.717, 1.165) is 11.3 Å². The fraction of sp³-hybridized carbons (Fsp3) is 0. The third kappa shape index (κ3) is 1.24. The molecular formula is C8H8FN3. The second-order valence-electron chi connectivity index (χ2n) is 2.46. The van der Waals surface area contributed by atoms with Crippen LogP contribution in [0.15, 0.2) is 30.5 Å². The van der Waals surface area contributed by atoms with Crippen molar-refractivity contribution in [2.75, 3.05) is 0 Å². The van der Waals surface area contributed by atoms with Crippen molar-refractivity contribution in [2.45, 2.75) is 0 Å². The zero-order valence-corrected chi connectivity index (χ0v) is 6.26. The lowest BCUT2D eigenvalue weighted by Gasteiger charge is -2.01. The van der Waals surface area contributed by atoms with Gasteiger partial charge in [-0.3, -0.25) is 0 Å². The third-order valence-electron chi connectivity index (χ3n) is 1.62. The molecule has 0 aliphatic carbocycles. The lowest BCUT2D eigenvalue weighted by molar-refractivity contribution is 0.617. The van der Waals surface area contributed by atoms with Crippen LogP contribution in [0.3, 0.4) is 0 Å². The van der Waals surface area contributed by atoms with Gasteiger partial charge in [-0.25, -0.2) is 4.39 Å². The zero-order valence-electron chi connectivity index (χ0n) is 6.26. The smallest absolute Gasteiger partial charge is 0.123 e. The van der Waals surface area contributed by atoms with Gasteiger partial charge in [0.05, 0.1) is 5.70 Å². The first-order valence-electron chi connectivity index (χ1n) is 3.59. The molecule has 1 aromatic carbocycles. The Kier molecular flexibility index (Phi) is 1.68. The van der Waals surface area contributed by atoms with Gasteiger partial charge in [-0.15, -0.1) is 0 Å². The van der Waals surface area contributed by atoms with Crippen molar-refractivity contribution in [3.05, 3.63) is 41.8 Å². The van der Waals surface area contributed by atoms with Crippen LogP contribution in [0.2, 0.25) is 0 Å². The summed E-state index contributed by atoms with van der Waals surface area (Å²) in [6, 6.07) is 6.38. The van der Waals surface area contributed by atoms with Crippen LogP contribution >= 0.6 is 0 Å². The fourth-order valence-corrected chi connectivity index (χ4v) is 1.06. The molecule has 0 saturated heterocycles. The molecule has 3 nitrogen and oxygen atoms in total. The quantitative estimate of drug-likeness (QED) is 0.574. The maximum Gasteiger partial charge on any atom is 0.123 e.